The molecule has 1 saturated heterocycles. The van der Waals surface area contributed by atoms with Gasteiger partial charge < -0.3 is 35.5 Å². The minimum Gasteiger partial charge on any atom is -0.484 e. The van der Waals surface area contributed by atoms with Crippen molar-refractivity contribution in [2.75, 3.05) is 26.8 Å². The first kappa shape index (κ1) is 33.9. The smallest absolute Gasteiger partial charge is 0.415 e. The van der Waals surface area contributed by atoms with Gasteiger partial charge in [-0.05, 0) is 61.4 Å². The Morgan fingerprint density at radius 3 is 2.20 bits per heavy atom. The van der Waals surface area contributed by atoms with Crippen LogP contribution in [0, 0.1) is 18.8 Å². The van der Waals surface area contributed by atoms with E-state index in [2.05, 4.69) is 10.6 Å². The van der Waals surface area contributed by atoms with E-state index in [1.165, 1.54) is 12.0 Å². The summed E-state index contributed by atoms with van der Waals surface area (Å²) in [6.07, 6.45) is 0.907. The number of benzene rings is 2. The molecule has 2 aromatic carbocycles. The first-order valence-electron chi connectivity index (χ1n) is 14.7. The summed E-state index contributed by atoms with van der Waals surface area (Å²) in [5, 5.41) is 5.44. The van der Waals surface area contributed by atoms with E-state index in [1.807, 2.05) is 32.9 Å². The summed E-state index contributed by atoms with van der Waals surface area (Å²) in [6.45, 7) is 6.20. The zero-order chi connectivity index (χ0) is 32.2. The fourth-order valence-corrected chi connectivity index (χ4v) is 4.85. The Morgan fingerprint density at radius 1 is 0.955 bits per heavy atom. The Kier molecular flexibility index (Phi) is 12.5. The molecule has 0 aliphatic carbocycles. The number of piperidine rings is 1. The van der Waals surface area contributed by atoms with Gasteiger partial charge in [0.1, 0.15) is 23.6 Å². The maximum absolute atomic E-state index is 13.3. The van der Waals surface area contributed by atoms with E-state index in [0.717, 1.165) is 5.56 Å². The van der Waals surface area contributed by atoms with Crippen LogP contribution in [-0.2, 0) is 30.3 Å². The summed E-state index contributed by atoms with van der Waals surface area (Å²) < 4.78 is 16.0. The Bertz CT molecular complexity index is 1310. The van der Waals surface area contributed by atoms with E-state index in [1.54, 1.807) is 36.4 Å². The number of esters is 1. The van der Waals surface area contributed by atoms with Crippen molar-refractivity contribution < 1.29 is 38.2 Å². The number of aryl methyl sites for hydroxylation is 1. The zero-order valence-electron chi connectivity index (χ0n) is 25.7. The number of nitrogens with zero attached hydrogens (tertiary/aromatic N) is 1. The van der Waals surface area contributed by atoms with Gasteiger partial charge in [-0.2, -0.15) is 0 Å². The van der Waals surface area contributed by atoms with E-state index in [0.29, 0.717) is 49.4 Å². The number of hydrogen-bond acceptors (Lipinski definition) is 8. The van der Waals surface area contributed by atoms with E-state index in [-0.39, 0.29) is 30.8 Å². The van der Waals surface area contributed by atoms with Crippen molar-refractivity contribution >= 4 is 29.8 Å². The lowest BCUT2D eigenvalue weighted by Crippen LogP contribution is -2.53. The molecule has 238 valence electrons. The molecule has 44 heavy (non-hydrogen) atoms. The van der Waals surface area contributed by atoms with Crippen LogP contribution in [0.2, 0.25) is 0 Å². The van der Waals surface area contributed by atoms with Crippen molar-refractivity contribution in [2.24, 2.45) is 17.6 Å². The summed E-state index contributed by atoms with van der Waals surface area (Å²) in [7, 11) is 1.23. The first-order chi connectivity index (χ1) is 21.0. The van der Waals surface area contributed by atoms with Crippen molar-refractivity contribution in [3.05, 3.63) is 59.7 Å². The van der Waals surface area contributed by atoms with Gasteiger partial charge in [-0.25, -0.2) is 9.59 Å². The highest BCUT2D eigenvalue weighted by atomic mass is 16.6. The molecule has 4 N–H and O–H groups in total. The molecule has 4 amide bonds. The quantitative estimate of drug-likeness (QED) is 0.291. The molecule has 0 spiro atoms. The largest absolute Gasteiger partial charge is 0.484 e. The average Bonchev–Trinajstić information content (AvgIpc) is 3.00. The molecule has 1 aliphatic heterocycles. The summed E-state index contributed by atoms with van der Waals surface area (Å²) in [4.78, 5) is 64.0. The van der Waals surface area contributed by atoms with Crippen molar-refractivity contribution in [3.63, 3.8) is 0 Å². The molecule has 2 aromatic rings. The monoisotopic (exact) mass is 610 g/mol. The van der Waals surface area contributed by atoms with Gasteiger partial charge in [0.2, 0.25) is 11.8 Å². The van der Waals surface area contributed by atoms with Crippen molar-refractivity contribution in [2.45, 2.75) is 58.5 Å². The predicted octanol–water partition coefficient (Wildman–Crippen LogP) is 2.50. The predicted molar refractivity (Wildman–Crippen MR) is 162 cm³/mol. The third-order valence-electron chi connectivity index (χ3n) is 7.34. The molecule has 1 aliphatic rings. The second-order valence-corrected chi connectivity index (χ2v) is 11.3. The van der Waals surface area contributed by atoms with Crippen LogP contribution in [-0.4, -0.2) is 73.6 Å². The summed E-state index contributed by atoms with van der Waals surface area (Å²) in [6, 6.07) is 11.9. The van der Waals surface area contributed by atoms with E-state index >= 15 is 0 Å². The van der Waals surface area contributed by atoms with Crippen LogP contribution >= 0.6 is 0 Å². The minimum atomic E-state index is -1.03. The van der Waals surface area contributed by atoms with Gasteiger partial charge in [-0.3, -0.25) is 14.4 Å². The Balaban J connectivity index is 1.58. The maximum Gasteiger partial charge on any atom is 0.415 e. The molecular weight excluding hydrogens is 568 g/mol. The second kappa shape index (κ2) is 16.3. The molecule has 0 saturated carbocycles. The van der Waals surface area contributed by atoms with Crippen LogP contribution in [0.4, 0.5) is 4.79 Å². The third-order valence-corrected chi connectivity index (χ3v) is 7.34. The molecule has 3 rings (SSSR count). The van der Waals surface area contributed by atoms with Crippen molar-refractivity contribution in [1.82, 2.24) is 15.5 Å². The Morgan fingerprint density at radius 2 is 1.61 bits per heavy atom. The van der Waals surface area contributed by atoms with Gasteiger partial charge in [0.15, 0.2) is 6.61 Å². The third kappa shape index (κ3) is 10.3. The number of amides is 4. The Labute approximate surface area is 257 Å². The number of nitrogens with two attached hydrogens (primary N) is 1. The molecular formula is C32H42N4O8. The number of nitrogens with one attached hydrogen (secondary N) is 2. The number of carbonyl (C=O) groups is 5. The van der Waals surface area contributed by atoms with Gasteiger partial charge in [0.05, 0.1) is 7.11 Å². The van der Waals surface area contributed by atoms with Crippen LogP contribution in [0.5, 0.6) is 11.5 Å². The number of methoxy groups -OCH3 is 1. The van der Waals surface area contributed by atoms with Crippen LogP contribution < -0.4 is 25.8 Å². The summed E-state index contributed by atoms with van der Waals surface area (Å²) >= 11 is 0. The standard InChI is InChI=1S/C32H42N4O8/c1-20(2)17-25(34-28(37)19-43-27-8-6-5-7-21(27)3)30(39)35-26(31(40)42-4)18-22-9-11-24(12-10-22)44-32(41)36-15-13-23(14-16-36)29(33)38/h5-12,20,23,25-26H,13-19H2,1-4H3,(H2,33,38)(H,34,37)(H,35,39)/t25-,26-/m0/s1. The lowest BCUT2D eigenvalue weighted by molar-refractivity contribution is -0.145. The van der Waals surface area contributed by atoms with Gasteiger partial charge >= 0.3 is 12.1 Å². The van der Waals surface area contributed by atoms with E-state index in [9.17, 15) is 24.0 Å². The summed E-state index contributed by atoms with van der Waals surface area (Å²) in [5.41, 5.74) is 6.91. The topological polar surface area (TPSA) is 166 Å². The average molecular weight is 611 g/mol. The maximum atomic E-state index is 13.3. The molecule has 0 bridgehead atoms. The van der Waals surface area contributed by atoms with Crippen LogP contribution in [0.15, 0.2) is 48.5 Å². The zero-order valence-corrected chi connectivity index (χ0v) is 25.7. The molecule has 0 unspecified atom stereocenters. The van der Waals surface area contributed by atoms with Crippen molar-refractivity contribution in [1.29, 1.82) is 0 Å². The second-order valence-electron chi connectivity index (χ2n) is 11.3. The Hall–Kier alpha value is -4.61. The number of carbonyl (C=O) groups excluding carboxylic acids is 5. The number of primary amides is 1. The number of hydrogen-bond donors (Lipinski definition) is 3. The van der Waals surface area contributed by atoms with Crippen LogP contribution in [0.25, 0.3) is 0 Å². The first-order valence-corrected chi connectivity index (χ1v) is 14.7. The van der Waals surface area contributed by atoms with Gasteiger partial charge in [-0.15, -0.1) is 0 Å². The lowest BCUT2D eigenvalue weighted by atomic mass is 9.97. The molecule has 12 heteroatoms. The molecule has 0 aromatic heterocycles. The molecule has 0 radical (unpaired) electrons. The number of para-hydroxylation sites is 1. The lowest BCUT2D eigenvalue weighted by Gasteiger charge is -2.29. The fourth-order valence-electron chi connectivity index (χ4n) is 4.85. The number of ether oxygens (including phenoxy) is 3. The minimum absolute atomic E-state index is 0.0738. The fraction of sp³-hybridized carbons (Fsp3) is 0.469. The highest BCUT2D eigenvalue weighted by molar-refractivity contribution is 5.91. The highest BCUT2D eigenvalue weighted by Gasteiger charge is 2.29. The van der Waals surface area contributed by atoms with Gasteiger partial charge in [0, 0.05) is 25.4 Å². The molecule has 2 atom stereocenters. The molecule has 12 nitrogen and oxygen atoms in total. The molecule has 1 fully saturated rings. The van der Waals surface area contributed by atoms with E-state index in [4.69, 9.17) is 19.9 Å². The summed E-state index contributed by atoms with van der Waals surface area (Å²) in [5.74, 6) is -1.29. The van der Waals surface area contributed by atoms with Crippen LogP contribution in [0.3, 0.4) is 0 Å². The normalized spacial score (nSPS) is 14.7. The van der Waals surface area contributed by atoms with Crippen LogP contribution in [0.1, 0.15) is 44.2 Å². The SMILES string of the molecule is COC(=O)[C@H](Cc1ccc(OC(=O)N2CCC(C(N)=O)CC2)cc1)NC(=O)[C@H](CC(C)C)NC(=O)COc1ccccc1C. The van der Waals surface area contributed by atoms with Gasteiger partial charge in [0.25, 0.3) is 5.91 Å². The van der Waals surface area contributed by atoms with Gasteiger partial charge in [-0.1, -0.05) is 44.2 Å². The number of likely N-dealkylation sites (tertiary alicyclic amines) is 1. The highest BCUT2D eigenvalue weighted by Crippen LogP contribution is 2.20. The molecule has 1 heterocycles. The van der Waals surface area contributed by atoms with Crippen molar-refractivity contribution in [3.8, 4) is 11.5 Å². The number of rotatable bonds is 13. The van der Waals surface area contributed by atoms with E-state index < -0.39 is 36.0 Å².